The minimum atomic E-state index is -0.660. The van der Waals surface area contributed by atoms with E-state index in [0.717, 1.165) is 53.1 Å². The van der Waals surface area contributed by atoms with E-state index in [1.165, 1.54) is 6.42 Å². The highest BCUT2D eigenvalue weighted by molar-refractivity contribution is 5.90. The van der Waals surface area contributed by atoms with Crippen LogP contribution in [-0.4, -0.2) is 35.4 Å². The van der Waals surface area contributed by atoms with Crippen LogP contribution in [0, 0.1) is 6.92 Å². The molecule has 4 aromatic rings. The maximum absolute atomic E-state index is 14.0. The van der Waals surface area contributed by atoms with E-state index in [2.05, 4.69) is 5.32 Å². The Morgan fingerprint density at radius 3 is 2.35 bits per heavy atom. The molecule has 1 aliphatic carbocycles. The molecule has 40 heavy (non-hydrogen) atoms. The minimum absolute atomic E-state index is 0.0946. The molecule has 0 aromatic heterocycles. The molecule has 1 aliphatic rings. The van der Waals surface area contributed by atoms with E-state index >= 15 is 0 Å². The molecule has 1 N–H and O–H groups in total. The lowest BCUT2D eigenvalue weighted by Crippen LogP contribution is -2.53. The average molecular weight is 535 g/mol. The predicted molar refractivity (Wildman–Crippen MR) is 160 cm³/mol. The number of benzene rings is 4. The second-order valence-electron chi connectivity index (χ2n) is 10.8. The standard InChI is InChI=1S/C35H38N2O3/c1-26-13-8-9-17-29(26)24-37(34(38)25-40-33-22-12-18-28-16-10-11-21-31(28)33)32(23-27-14-4-2-5-15-27)35(39)36-30-19-6-3-7-20-30/h2,4-5,8-18,21-22,30,32H,3,6-7,19-20,23-25H2,1H3,(H,36,39). The first-order valence-corrected chi connectivity index (χ1v) is 14.4. The fourth-order valence-corrected chi connectivity index (χ4v) is 5.61. The largest absolute Gasteiger partial charge is 0.483 e. The van der Waals surface area contributed by atoms with E-state index in [1.54, 1.807) is 4.90 Å². The van der Waals surface area contributed by atoms with Crippen LogP contribution < -0.4 is 10.1 Å². The molecule has 1 unspecified atom stereocenters. The molecular formula is C35H38N2O3. The monoisotopic (exact) mass is 534 g/mol. The minimum Gasteiger partial charge on any atom is -0.483 e. The smallest absolute Gasteiger partial charge is 0.261 e. The Hall–Kier alpha value is -4.12. The van der Waals surface area contributed by atoms with E-state index in [1.807, 2.05) is 104 Å². The van der Waals surface area contributed by atoms with Crippen LogP contribution in [0.15, 0.2) is 97.1 Å². The fourth-order valence-electron chi connectivity index (χ4n) is 5.61. The van der Waals surface area contributed by atoms with Gasteiger partial charge in [-0.25, -0.2) is 0 Å². The number of carbonyl (C=O) groups excluding carboxylic acids is 2. The Morgan fingerprint density at radius 2 is 1.55 bits per heavy atom. The zero-order valence-electron chi connectivity index (χ0n) is 23.2. The summed E-state index contributed by atoms with van der Waals surface area (Å²) in [6.45, 7) is 2.22. The number of hydrogen-bond donors (Lipinski definition) is 1. The van der Waals surface area contributed by atoms with Gasteiger partial charge in [0.2, 0.25) is 5.91 Å². The molecule has 1 fully saturated rings. The van der Waals surface area contributed by atoms with Crippen LogP contribution in [0.25, 0.3) is 10.8 Å². The van der Waals surface area contributed by atoms with Crippen molar-refractivity contribution in [1.29, 1.82) is 0 Å². The van der Waals surface area contributed by atoms with Crippen LogP contribution in [0.1, 0.15) is 48.8 Å². The summed E-state index contributed by atoms with van der Waals surface area (Å²) in [5, 5.41) is 5.31. The first kappa shape index (κ1) is 27.4. The van der Waals surface area contributed by atoms with E-state index in [-0.39, 0.29) is 24.5 Å². The Morgan fingerprint density at radius 1 is 0.850 bits per heavy atom. The highest BCUT2D eigenvalue weighted by Crippen LogP contribution is 2.26. The van der Waals surface area contributed by atoms with E-state index in [0.29, 0.717) is 18.7 Å². The average Bonchev–Trinajstić information content (AvgIpc) is 2.99. The van der Waals surface area contributed by atoms with Crippen LogP contribution in [0.4, 0.5) is 0 Å². The summed E-state index contributed by atoms with van der Waals surface area (Å²) in [5.74, 6) is 0.354. The molecule has 0 aliphatic heterocycles. The van der Waals surface area contributed by atoms with Gasteiger partial charge in [-0.3, -0.25) is 9.59 Å². The third kappa shape index (κ3) is 6.90. The van der Waals surface area contributed by atoms with Crippen LogP contribution in [0.5, 0.6) is 5.75 Å². The zero-order valence-corrected chi connectivity index (χ0v) is 23.2. The number of nitrogens with one attached hydrogen (secondary N) is 1. The summed E-state index contributed by atoms with van der Waals surface area (Å²) < 4.78 is 6.14. The van der Waals surface area contributed by atoms with Crippen molar-refractivity contribution in [3.63, 3.8) is 0 Å². The number of aryl methyl sites for hydroxylation is 1. The highest BCUT2D eigenvalue weighted by Gasteiger charge is 2.32. The van der Waals surface area contributed by atoms with Gasteiger partial charge in [0.25, 0.3) is 5.91 Å². The first-order chi connectivity index (χ1) is 19.6. The van der Waals surface area contributed by atoms with Gasteiger partial charge >= 0.3 is 0 Å². The third-order valence-electron chi connectivity index (χ3n) is 7.93. The van der Waals surface area contributed by atoms with Gasteiger partial charge in [-0.15, -0.1) is 0 Å². The molecule has 0 saturated heterocycles. The maximum atomic E-state index is 14.0. The number of amides is 2. The number of ether oxygens (including phenoxy) is 1. The molecule has 5 nitrogen and oxygen atoms in total. The van der Waals surface area contributed by atoms with Crippen LogP contribution in [0.3, 0.4) is 0 Å². The fraction of sp³-hybridized carbons (Fsp3) is 0.314. The lowest BCUT2D eigenvalue weighted by molar-refractivity contribution is -0.143. The highest BCUT2D eigenvalue weighted by atomic mass is 16.5. The summed E-state index contributed by atoms with van der Waals surface area (Å²) in [6.07, 6.45) is 5.87. The third-order valence-corrected chi connectivity index (χ3v) is 7.93. The molecule has 2 amide bonds. The van der Waals surface area contributed by atoms with Gasteiger partial charge in [0.05, 0.1) is 0 Å². The number of nitrogens with zero attached hydrogens (tertiary/aromatic N) is 1. The Kier molecular flexibility index (Phi) is 9.12. The molecular weight excluding hydrogens is 496 g/mol. The molecule has 0 heterocycles. The lowest BCUT2D eigenvalue weighted by atomic mass is 9.94. The molecule has 0 bridgehead atoms. The number of rotatable bonds is 10. The number of hydrogen-bond acceptors (Lipinski definition) is 3. The van der Waals surface area contributed by atoms with Crippen molar-refractivity contribution in [1.82, 2.24) is 10.2 Å². The van der Waals surface area contributed by atoms with Crippen LogP contribution in [-0.2, 0) is 22.6 Å². The lowest BCUT2D eigenvalue weighted by Gasteiger charge is -2.33. The maximum Gasteiger partial charge on any atom is 0.261 e. The molecule has 5 heteroatoms. The van der Waals surface area contributed by atoms with Crippen LogP contribution in [0.2, 0.25) is 0 Å². The molecule has 1 atom stereocenters. The molecule has 206 valence electrons. The molecule has 0 radical (unpaired) electrons. The van der Waals surface area contributed by atoms with Crippen molar-refractivity contribution in [3.05, 3.63) is 114 Å². The normalized spacial score (nSPS) is 14.4. The summed E-state index contributed by atoms with van der Waals surface area (Å²) in [7, 11) is 0. The molecule has 4 aromatic carbocycles. The van der Waals surface area contributed by atoms with Crippen molar-refractivity contribution in [2.75, 3.05) is 6.61 Å². The number of fused-ring (bicyclic) bond motifs is 1. The van der Waals surface area contributed by atoms with Crippen molar-refractivity contribution in [2.24, 2.45) is 0 Å². The van der Waals surface area contributed by atoms with E-state index in [4.69, 9.17) is 4.74 Å². The van der Waals surface area contributed by atoms with Gasteiger partial charge in [-0.2, -0.15) is 0 Å². The summed E-state index contributed by atoms with van der Waals surface area (Å²) in [6, 6.07) is 31.3. The van der Waals surface area contributed by atoms with E-state index < -0.39 is 6.04 Å². The van der Waals surface area contributed by atoms with Crippen molar-refractivity contribution in [3.8, 4) is 5.75 Å². The van der Waals surface area contributed by atoms with Crippen LogP contribution >= 0.6 is 0 Å². The summed E-state index contributed by atoms with van der Waals surface area (Å²) >= 11 is 0. The van der Waals surface area contributed by atoms with Gasteiger partial charge in [0, 0.05) is 24.4 Å². The number of carbonyl (C=O) groups is 2. The molecule has 5 rings (SSSR count). The van der Waals surface area contributed by atoms with Gasteiger partial charge in [0.1, 0.15) is 11.8 Å². The summed E-state index contributed by atoms with van der Waals surface area (Å²) in [5.41, 5.74) is 3.12. The topological polar surface area (TPSA) is 58.6 Å². The van der Waals surface area contributed by atoms with E-state index in [9.17, 15) is 9.59 Å². The summed E-state index contributed by atoms with van der Waals surface area (Å²) in [4.78, 5) is 29.7. The molecule has 0 spiro atoms. The zero-order chi connectivity index (χ0) is 27.7. The van der Waals surface area contributed by atoms with Gasteiger partial charge in [-0.1, -0.05) is 110 Å². The van der Waals surface area contributed by atoms with Crippen molar-refractivity contribution < 1.29 is 14.3 Å². The Balaban J connectivity index is 1.44. The predicted octanol–water partition coefficient (Wildman–Crippen LogP) is 6.62. The van der Waals surface area contributed by atoms with Gasteiger partial charge < -0.3 is 15.0 Å². The van der Waals surface area contributed by atoms with Crippen molar-refractivity contribution >= 4 is 22.6 Å². The Labute approximate surface area is 237 Å². The molecule has 1 saturated carbocycles. The second-order valence-corrected chi connectivity index (χ2v) is 10.8. The van der Waals surface area contributed by atoms with Gasteiger partial charge in [0.15, 0.2) is 6.61 Å². The second kappa shape index (κ2) is 13.3. The Bertz CT molecular complexity index is 1420. The quantitative estimate of drug-likeness (QED) is 0.249. The van der Waals surface area contributed by atoms with Crippen molar-refractivity contribution in [2.45, 2.75) is 64.1 Å². The van der Waals surface area contributed by atoms with Gasteiger partial charge in [-0.05, 0) is 47.9 Å². The first-order valence-electron chi connectivity index (χ1n) is 14.4. The SMILES string of the molecule is Cc1ccccc1CN(C(=O)COc1cccc2ccccc12)C(Cc1ccccc1)C(=O)NC1CCCCC1.